The molecular weight excluding hydrogens is 496 g/mol. The molecule has 0 saturated carbocycles. The van der Waals surface area contributed by atoms with E-state index in [1.54, 1.807) is 11.8 Å². The van der Waals surface area contributed by atoms with Gasteiger partial charge in [-0.05, 0) is 30.7 Å². The summed E-state index contributed by atoms with van der Waals surface area (Å²) in [5, 5.41) is 23.2. The summed E-state index contributed by atoms with van der Waals surface area (Å²) < 4.78 is 62.6. The van der Waals surface area contributed by atoms with E-state index in [0.717, 1.165) is 18.5 Å². The lowest BCUT2D eigenvalue weighted by atomic mass is 9.87. The van der Waals surface area contributed by atoms with Crippen LogP contribution in [0.5, 0.6) is 11.5 Å². The predicted octanol–water partition coefficient (Wildman–Crippen LogP) is 3.73. The first kappa shape index (κ1) is 26.3. The van der Waals surface area contributed by atoms with Crippen molar-refractivity contribution in [2.75, 3.05) is 18.4 Å². The van der Waals surface area contributed by atoms with E-state index in [-0.39, 0.29) is 36.0 Å². The molecule has 0 radical (unpaired) electrons. The molecular formula is C25H24F4N4O4. The molecule has 37 heavy (non-hydrogen) atoms. The van der Waals surface area contributed by atoms with Gasteiger partial charge in [-0.3, -0.25) is 9.69 Å². The predicted molar refractivity (Wildman–Crippen MR) is 124 cm³/mol. The number of rotatable bonds is 7. The van der Waals surface area contributed by atoms with Crippen LogP contribution in [0, 0.1) is 16.8 Å². The monoisotopic (exact) mass is 520 g/mol. The zero-order valence-corrected chi connectivity index (χ0v) is 19.7. The van der Waals surface area contributed by atoms with Gasteiger partial charge in [0.25, 0.3) is 5.92 Å². The van der Waals surface area contributed by atoms with Crippen molar-refractivity contribution < 1.29 is 36.9 Å². The quantitative estimate of drug-likeness (QED) is 0.280. The molecule has 1 aromatic carbocycles. The zero-order valence-electron chi connectivity index (χ0n) is 19.7. The number of aliphatic hydroxyl groups excluding tert-OH is 1. The number of aliphatic hydroxyl groups is 1. The summed E-state index contributed by atoms with van der Waals surface area (Å²) in [4.78, 5) is 18.5. The molecule has 1 saturated heterocycles. The zero-order chi connectivity index (χ0) is 26.7. The Balaban J connectivity index is 1.41. The van der Waals surface area contributed by atoms with Gasteiger partial charge in [0.1, 0.15) is 17.4 Å². The van der Waals surface area contributed by atoms with Crippen molar-refractivity contribution in [3.05, 3.63) is 83.0 Å². The van der Waals surface area contributed by atoms with Crippen molar-refractivity contribution in [2.45, 2.75) is 37.8 Å². The van der Waals surface area contributed by atoms with E-state index in [0.29, 0.717) is 16.4 Å². The maximum Gasteiger partial charge on any atom is 0.257 e. The van der Waals surface area contributed by atoms with Crippen LogP contribution in [0.25, 0.3) is 0 Å². The highest BCUT2D eigenvalue weighted by molar-refractivity contribution is 5.93. The van der Waals surface area contributed by atoms with E-state index in [1.165, 1.54) is 30.5 Å². The molecule has 2 aromatic heterocycles. The number of carbonyl (C=O) groups excluding carboxylic acids is 1. The number of aromatic nitrogens is 2. The summed E-state index contributed by atoms with van der Waals surface area (Å²) in [6.07, 6.45) is 3.09. The molecule has 0 unspecified atom stereocenters. The Labute approximate surface area is 209 Å². The number of ether oxygens (including phenoxy) is 1. The summed E-state index contributed by atoms with van der Waals surface area (Å²) in [7, 11) is 0. The van der Waals surface area contributed by atoms with Crippen LogP contribution >= 0.6 is 0 Å². The first-order chi connectivity index (χ1) is 17.6. The molecule has 0 spiro atoms. The van der Waals surface area contributed by atoms with Crippen LogP contribution in [-0.2, 0) is 11.4 Å². The Hall–Kier alpha value is -3.77. The van der Waals surface area contributed by atoms with Gasteiger partial charge in [-0.15, -0.1) is 0 Å². The summed E-state index contributed by atoms with van der Waals surface area (Å²) in [6, 6.07) is 6.31. The fourth-order valence-corrected chi connectivity index (χ4v) is 4.16. The Morgan fingerprint density at radius 1 is 1.30 bits per heavy atom. The normalized spacial score (nSPS) is 18.3. The smallest absolute Gasteiger partial charge is 0.257 e. The minimum absolute atomic E-state index is 0.00308. The number of hydrogen-bond donors (Lipinski definition) is 2. The number of nitrogens with zero attached hydrogens (tertiary/aromatic N) is 3. The van der Waals surface area contributed by atoms with Crippen molar-refractivity contribution in [2.24, 2.45) is 0 Å². The molecule has 8 nitrogen and oxygen atoms in total. The van der Waals surface area contributed by atoms with E-state index in [9.17, 15) is 32.7 Å². The number of anilines is 1. The number of pyridine rings is 2. The molecule has 1 aliphatic heterocycles. The third-order valence-electron chi connectivity index (χ3n) is 6.28. The van der Waals surface area contributed by atoms with Crippen LogP contribution in [0.15, 0.2) is 55.0 Å². The summed E-state index contributed by atoms with van der Waals surface area (Å²) in [6.45, 7) is 0.873. The van der Waals surface area contributed by atoms with Gasteiger partial charge in [0.15, 0.2) is 24.0 Å². The van der Waals surface area contributed by atoms with Gasteiger partial charge in [-0.25, -0.2) is 22.5 Å². The van der Waals surface area contributed by atoms with Gasteiger partial charge >= 0.3 is 0 Å². The number of alkyl halides is 2. The number of halogens is 4. The van der Waals surface area contributed by atoms with E-state index in [2.05, 4.69) is 10.3 Å². The second kappa shape index (κ2) is 10.7. The van der Waals surface area contributed by atoms with Crippen LogP contribution in [0.1, 0.15) is 30.4 Å². The first-order valence-electron chi connectivity index (χ1n) is 11.4. The minimum atomic E-state index is -2.99. The largest absolute Gasteiger partial charge is 0.619 e. The average Bonchev–Trinajstić information content (AvgIpc) is 2.86. The highest BCUT2D eigenvalue weighted by Gasteiger charge is 2.46. The van der Waals surface area contributed by atoms with Crippen LogP contribution in [0.3, 0.4) is 0 Å². The van der Waals surface area contributed by atoms with Crippen molar-refractivity contribution >= 4 is 11.7 Å². The maximum absolute atomic E-state index is 14.6. The summed E-state index contributed by atoms with van der Waals surface area (Å²) in [5.41, 5.74) is 0.227. The van der Waals surface area contributed by atoms with Crippen LogP contribution < -0.4 is 14.8 Å². The number of nitrogens with one attached hydrogen (secondary N) is 1. The SMILES string of the molecule is C[C@@H](C(=O)Nc1ccc(Oc2c(F)cc(F)cc2CO)cn1)N1CCC(F)(F)[C@@H](c2cc[n+]([O-])cc2)C1. The lowest BCUT2D eigenvalue weighted by Crippen LogP contribution is -2.52. The third-order valence-corrected chi connectivity index (χ3v) is 6.28. The molecule has 3 heterocycles. The molecule has 3 aromatic rings. The highest BCUT2D eigenvalue weighted by Crippen LogP contribution is 2.40. The molecule has 12 heteroatoms. The number of benzene rings is 1. The van der Waals surface area contributed by atoms with Crippen LogP contribution in [0.2, 0.25) is 0 Å². The second-order valence-electron chi connectivity index (χ2n) is 8.73. The molecule has 1 aliphatic rings. The topological polar surface area (TPSA) is 102 Å². The first-order valence-corrected chi connectivity index (χ1v) is 11.4. The van der Waals surface area contributed by atoms with Crippen LogP contribution in [-0.4, -0.2) is 46.0 Å². The second-order valence-corrected chi connectivity index (χ2v) is 8.73. The average molecular weight is 520 g/mol. The van der Waals surface area contributed by atoms with Crippen molar-refractivity contribution in [1.82, 2.24) is 9.88 Å². The molecule has 196 valence electrons. The highest BCUT2D eigenvalue weighted by atomic mass is 19.3. The third kappa shape index (κ3) is 5.97. The van der Waals surface area contributed by atoms with Gasteiger partial charge in [0, 0.05) is 43.3 Å². The van der Waals surface area contributed by atoms with E-state index in [1.807, 2.05) is 0 Å². The van der Waals surface area contributed by atoms with Gasteiger partial charge in [0.2, 0.25) is 5.91 Å². The molecule has 1 fully saturated rings. The Bertz CT molecular complexity index is 1260. The lowest BCUT2D eigenvalue weighted by Gasteiger charge is -2.40. The van der Waals surface area contributed by atoms with Gasteiger partial charge < -0.3 is 20.4 Å². The summed E-state index contributed by atoms with van der Waals surface area (Å²) in [5.74, 6) is -6.62. The number of carbonyl (C=O) groups is 1. The fourth-order valence-electron chi connectivity index (χ4n) is 4.16. The Morgan fingerprint density at radius 2 is 2.03 bits per heavy atom. The van der Waals surface area contributed by atoms with Crippen molar-refractivity contribution in [3.63, 3.8) is 0 Å². The van der Waals surface area contributed by atoms with Gasteiger partial charge in [0.05, 0.1) is 24.8 Å². The van der Waals surface area contributed by atoms with E-state index >= 15 is 0 Å². The molecule has 4 rings (SSSR count). The Morgan fingerprint density at radius 3 is 2.68 bits per heavy atom. The van der Waals surface area contributed by atoms with Gasteiger partial charge in [-0.2, -0.15) is 4.73 Å². The van der Waals surface area contributed by atoms with E-state index in [4.69, 9.17) is 4.74 Å². The number of amides is 1. The molecule has 2 atom stereocenters. The molecule has 2 N–H and O–H groups in total. The Kier molecular flexibility index (Phi) is 7.60. The molecule has 0 aliphatic carbocycles. The van der Waals surface area contributed by atoms with E-state index < -0.39 is 48.5 Å². The number of likely N-dealkylation sites (tertiary alicyclic amines) is 1. The van der Waals surface area contributed by atoms with Crippen molar-refractivity contribution in [1.29, 1.82) is 0 Å². The standard InChI is InChI=1S/C25H24F4N4O4/c1-15(32-9-6-25(28,29)20(13-32)16-4-7-33(36)8-5-16)24(35)31-22-3-2-19(12-30-22)37-23-17(14-34)10-18(26)11-21(23)27/h2-5,7-8,10-12,15,20,34H,6,9,13-14H2,1H3,(H,30,31,35)/t15-,20+/m0/s1. The van der Waals surface area contributed by atoms with Crippen LogP contribution in [0.4, 0.5) is 23.4 Å². The molecule has 1 amide bonds. The number of piperidine rings is 1. The van der Waals surface area contributed by atoms with Crippen molar-refractivity contribution in [3.8, 4) is 11.5 Å². The number of hydrogen-bond acceptors (Lipinski definition) is 6. The molecule has 0 bridgehead atoms. The maximum atomic E-state index is 14.6. The fraction of sp³-hybridized carbons (Fsp3) is 0.320. The lowest BCUT2D eigenvalue weighted by molar-refractivity contribution is -0.605. The van der Waals surface area contributed by atoms with Gasteiger partial charge in [-0.1, -0.05) is 0 Å². The summed E-state index contributed by atoms with van der Waals surface area (Å²) >= 11 is 0. The minimum Gasteiger partial charge on any atom is -0.619 e.